The molecular weight excluding hydrogens is 394 g/mol. The first-order valence-corrected chi connectivity index (χ1v) is 11.2. The van der Waals surface area contributed by atoms with Gasteiger partial charge in [-0.25, -0.2) is 0 Å². The number of benzene rings is 1. The summed E-state index contributed by atoms with van der Waals surface area (Å²) in [7, 11) is 0. The Bertz CT molecular complexity index is 652. The van der Waals surface area contributed by atoms with Crippen LogP contribution >= 0.6 is 0 Å². The van der Waals surface area contributed by atoms with Gasteiger partial charge in [-0.3, -0.25) is 14.4 Å². The number of nitrogens with one attached hydrogen (secondary N) is 2. The number of carbonyl (C=O) groups is 3. The molecule has 0 aliphatic rings. The lowest BCUT2D eigenvalue weighted by Crippen LogP contribution is -2.36. The molecule has 0 fully saturated rings. The van der Waals surface area contributed by atoms with Crippen molar-refractivity contribution in [1.29, 1.82) is 0 Å². The molecule has 2 N–H and O–H groups in total. The van der Waals surface area contributed by atoms with Gasteiger partial charge in [0.15, 0.2) is 0 Å². The van der Waals surface area contributed by atoms with E-state index >= 15 is 0 Å². The van der Waals surface area contributed by atoms with Crippen molar-refractivity contribution in [3.8, 4) is 0 Å². The Morgan fingerprint density at radius 1 is 0.839 bits per heavy atom. The highest BCUT2D eigenvalue weighted by Crippen LogP contribution is 2.05. The molecule has 174 valence electrons. The van der Waals surface area contributed by atoms with Gasteiger partial charge in [0.05, 0.1) is 6.42 Å². The molecule has 2 amide bonds. The van der Waals surface area contributed by atoms with Crippen molar-refractivity contribution in [2.75, 3.05) is 32.7 Å². The smallest absolute Gasteiger partial charge is 0.307 e. The Labute approximate surface area is 186 Å². The Morgan fingerprint density at radius 2 is 1.39 bits per heavy atom. The van der Waals surface area contributed by atoms with Crippen LogP contribution in [0.2, 0.25) is 0 Å². The SMILES string of the molecule is CC(C)CN(CCC(=O)NCCC(=O)NCCC(=O)OCc1ccccc1)CC(C)C. The summed E-state index contributed by atoms with van der Waals surface area (Å²) in [6.45, 7) is 12.1. The van der Waals surface area contributed by atoms with E-state index in [1.807, 2.05) is 30.3 Å². The van der Waals surface area contributed by atoms with Gasteiger partial charge in [0.1, 0.15) is 6.61 Å². The predicted molar refractivity (Wildman–Crippen MR) is 122 cm³/mol. The number of rotatable bonds is 15. The number of esters is 1. The quantitative estimate of drug-likeness (QED) is 0.415. The van der Waals surface area contributed by atoms with E-state index in [1.54, 1.807) is 0 Å². The molecule has 1 aromatic carbocycles. The fourth-order valence-corrected chi connectivity index (χ4v) is 3.16. The van der Waals surface area contributed by atoms with Crippen molar-refractivity contribution in [3.63, 3.8) is 0 Å². The average molecular weight is 434 g/mol. The minimum atomic E-state index is -0.357. The van der Waals surface area contributed by atoms with Crippen LogP contribution in [0.4, 0.5) is 0 Å². The summed E-state index contributed by atoms with van der Waals surface area (Å²) in [6, 6.07) is 9.44. The zero-order valence-electron chi connectivity index (χ0n) is 19.5. The van der Waals surface area contributed by atoms with Gasteiger partial charge in [-0.1, -0.05) is 58.0 Å². The van der Waals surface area contributed by atoms with Crippen LogP contribution in [0, 0.1) is 11.8 Å². The second-order valence-electron chi connectivity index (χ2n) is 8.64. The summed E-state index contributed by atoms with van der Waals surface area (Å²) >= 11 is 0. The van der Waals surface area contributed by atoms with Crippen LogP contribution in [0.3, 0.4) is 0 Å². The lowest BCUT2D eigenvalue weighted by atomic mass is 10.1. The van der Waals surface area contributed by atoms with Gasteiger partial charge in [0, 0.05) is 45.6 Å². The second kappa shape index (κ2) is 15.4. The van der Waals surface area contributed by atoms with Crippen LogP contribution in [0.1, 0.15) is 52.5 Å². The third-order valence-electron chi connectivity index (χ3n) is 4.47. The highest BCUT2D eigenvalue weighted by Gasteiger charge is 2.12. The maximum absolute atomic E-state index is 12.1. The molecule has 0 atom stereocenters. The van der Waals surface area contributed by atoms with E-state index < -0.39 is 0 Å². The third-order valence-corrected chi connectivity index (χ3v) is 4.47. The van der Waals surface area contributed by atoms with Crippen LogP contribution in [0.25, 0.3) is 0 Å². The van der Waals surface area contributed by atoms with Gasteiger partial charge in [-0.05, 0) is 17.4 Å². The van der Waals surface area contributed by atoms with Gasteiger partial charge in [0.2, 0.25) is 11.8 Å². The summed E-state index contributed by atoms with van der Waals surface area (Å²) in [5, 5.41) is 5.47. The summed E-state index contributed by atoms with van der Waals surface area (Å²) in [5.41, 5.74) is 0.923. The largest absolute Gasteiger partial charge is 0.461 e. The molecule has 0 saturated carbocycles. The third kappa shape index (κ3) is 14.3. The Hall–Kier alpha value is -2.41. The molecule has 0 spiro atoms. The van der Waals surface area contributed by atoms with Crippen molar-refractivity contribution in [2.45, 2.75) is 53.6 Å². The fourth-order valence-electron chi connectivity index (χ4n) is 3.16. The van der Waals surface area contributed by atoms with Gasteiger partial charge < -0.3 is 20.3 Å². The monoisotopic (exact) mass is 433 g/mol. The molecule has 0 aliphatic heterocycles. The van der Waals surface area contributed by atoms with Crippen LogP contribution in [-0.2, 0) is 25.7 Å². The van der Waals surface area contributed by atoms with Crippen LogP contribution in [0.5, 0.6) is 0 Å². The van der Waals surface area contributed by atoms with Crippen LogP contribution in [-0.4, -0.2) is 55.4 Å². The standard InChI is InChI=1S/C24H39N3O4/c1-19(2)16-27(17-20(3)4)15-12-23(29)25-13-10-22(28)26-14-11-24(30)31-18-21-8-6-5-7-9-21/h5-9,19-20H,10-18H2,1-4H3,(H,25,29)(H,26,28). The number of hydrogen-bond donors (Lipinski definition) is 2. The van der Waals surface area contributed by atoms with Gasteiger partial charge in [0.25, 0.3) is 0 Å². The molecule has 0 radical (unpaired) electrons. The summed E-state index contributed by atoms with van der Waals surface area (Å²) in [5.74, 6) is 0.513. The predicted octanol–water partition coefficient (Wildman–Crippen LogP) is 2.75. The van der Waals surface area contributed by atoms with Crippen molar-refractivity contribution < 1.29 is 19.1 Å². The van der Waals surface area contributed by atoms with Crippen molar-refractivity contribution in [2.24, 2.45) is 11.8 Å². The molecule has 7 heteroatoms. The first-order valence-electron chi connectivity index (χ1n) is 11.2. The lowest BCUT2D eigenvalue weighted by Gasteiger charge is -2.25. The van der Waals surface area contributed by atoms with Crippen molar-refractivity contribution in [1.82, 2.24) is 15.5 Å². The topological polar surface area (TPSA) is 87.7 Å². The van der Waals surface area contributed by atoms with Gasteiger partial charge in [-0.15, -0.1) is 0 Å². The summed E-state index contributed by atoms with van der Waals surface area (Å²) in [4.78, 5) is 38.0. The number of hydrogen-bond acceptors (Lipinski definition) is 5. The molecule has 7 nitrogen and oxygen atoms in total. The molecule has 0 heterocycles. The molecule has 1 rings (SSSR count). The van der Waals surface area contributed by atoms with Crippen LogP contribution < -0.4 is 10.6 Å². The van der Waals surface area contributed by atoms with Crippen molar-refractivity contribution in [3.05, 3.63) is 35.9 Å². The Kier molecular flexibility index (Phi) is 13.2. The fraction of sp³-hybridized carbons (Fsp3) is 0.625. The minimum Gasteiger partial charge on any atom is -0.461 e. The van der Waals surface area contributed by atoms with Crippen LogP contribution in [0.15, 0.2) is 30.3 Å². The molecule has 0 aliphatic carbocycles. The van der Waals surface area contributed by atoms with E-state index in [2.05, 4.69) is 43.2 Å². The molecule has 0 bridgehead atoms. The van der Waals surface area contributed by atoms with Gasteiger partial charge >= 0.3 is 5.97 Å². The van der Waals surface area contributed by atoms with E-state index in [1.165, 1.54) is 0 Å². The number of amides is 2. The molecule has 0 unspecified atom stereocenters. The molecule has 1 aromatic rings. The number of ether oxygens (including phenoxy) is 1. The molecule has 31 heavy (non-hydrogen) atoms. The van der Waals surface area contributed by atoms with E-state index in [-0.39, 0.29) is 50.3 Å². The first kappa shape index (κ1) is 26.6. The van der Waals surface area contributed by atoms with E-state index in [0.717, 1.165) is 25.2 Å². The zero-order valence-corrected chi connectivity index (χ0v) is 19.5. The maximum atomic E-state index is 12.1. The average Bonchev–Trinajstić information content (AvgIpc) is 2.70. The normalized spacial score (nSPS) is 11.1. The molecule has 0 aromatic heterocycles. The minimum absolute atomic E-state index is 0.0465. The first-order chi connectivity index (χ1) is 14.8. The zero-order chi connectivity index (χ0) is 23.1. The Balaban J connectivity index is 2.12. The number of carbonyl (C=O) groups excluding carboxylic acids is 3. The van der Waals surface area contributed by atoms with E-state index in [0.29, 0.717) is 18.3 Å². The summed E-state index contributed by atoms with van der Waals surface area (Å²) < 4.78 is 5.17. The van der Waals surface area contributed by atoms with Crippen molar-refractivity contribution >= 4 is 17.8 Å². The van der Waals surface area contributed by atoms with Gasteiger partial charge in [-0.2, -0.15) is 0 Å². The highest BCUT2D eigenvalue weighted by atomic mass is 16.5. The molecule has 0 saturated heterocycles. The lowest BCUT2D eigenvalue weighted by molar-refractivity contribution is -0.144. The van der Waals surface area contributed by atoms with E-state index in [4.69, 9.17) is 4.74 Å². The summed E-state index contributed by atoms with van der Waals surface area (Å²) in [6.07, 6.45) is 0.729. The Morgan fingerprint density at radius 3 is 1.97 bits per heavy atom. The van der Waals surface area contributed by atoms with E-state index in [9.17, 15) is 14.4 Å². The second-order valence-corrected chi connectivity index (χ2v) is 8.64. The maximum Gasteiger partial charge on any atom is 0.307 e. The number of nitrogens with zero attached hydrogens (tertiary/aromatic N) is 1. The molecular formula is C24H39N3O4. The highest BCUT2D eigenvalue weighted by molar-refractivity contribution is 5.79.